The van der Waals surface area contributed by atoms with E-state index < -0.39 is 10.8 Å². The van der Waals surface area contributed by atoms with Crippen molar-refractivity contribution in [1.82, 2.24) is 19.6 Å². The van der Waals surface area contributed by atoms with Crippen molar-refractivity contribution in [2.45, 2.75) is 57.8 Å². The minimum atomic E-state index is -1.07. The molecule has 8 heteroatoms. The number of aryl methyl sites for hydroxylation is 1. The van der Waals surface area contributed by atoms with E-state index in [1.165, 1.54) is 0 Å². The number of fused-ring (bicyclic) bond motifs is 3. The van der Waals surface area contributed by atoms with Crippen LogP contribution in [0, 0.1) is 12.8 Å². The number of Topliss-reactive ketones (excluding diaryl/α,β-unsaturated/α-hetero) is 1. The summed E-state index contributed by atoms with van der Waals surface area (Å²) in [7, 11) is -1.07. The number of unbranched alkanes of at least 4 members (excludes halogenated alkanes) is 2. The normalized spacial score (nSPS) is 12.7. The molecule has 1 atom stereocenters. The van der Waals surface area contributed by atoms with Crippen molar-refractivity contribution in [2.75, 3.05) is 18.1 Å². The molecule has 3 rings (SSSR count). The number of hydrogen-bond donors (Lipinski definition) is 1. The standard InChI is InChI=1S/C21H29N5O2S/c1-14(2)12-16(27)8-6-5-7-11-22-20-21-25-24-15(3)26(21)19-10-9-17(29(4)28)13-18(19)23-20/h9-10,13-14H,5-8,11-12H2,1-4H3,(H,22,23). The molecule has 0 spiro atoms. The van der Waals surface area contributed by atoms with E-state index in [1.807, 2.05) is 29.5 Å². The molecular weight excluding hydrogens is 386 g/mol. The summed E-state index contributed by atoms with van der Waals surface area (Å²) in [5.74, 6) is 2.24. The Balaban J connectivity index is 1.68. The first-order chi connectivity index (χ1) is 13.9. The second kappa shape index (κ2) is 9.43. The van der Waals surface area contributed by atoms with Crippen molar-refractivity contribution in [3.05, 3.63) is 24.0 Å². The van der Waals surface area contributed by atoms with Crippen LogP contribution in [0.25, 0.3) is 16.7 Å². The Morgan fingerprint density at radius 3 is 2.72 bits per heavy atom. The Labute approximate surface area is 173 Å². The first-order valence-electron chi connectivity index (χ1n) is 10.1. The molecule has 0 aliphatic rings. The highest BCUT2D eigenvalue weighted by Gasteiger charge is 2.14. The van der Waals surface area contributed by atoms with Gasteiger partial charge in [-0.2, -0.15) is 0 Å². The van der Waals surface area contributed by atoms with Gasteiger partial charge in [-0.1, -0.05) is 20.3 Å². The molecule has 7 nitrogen and oxygen atoms in total. The van der Waals surface area contributed by atoms with E-state index in [0.29, 0.717) is 36.0 Å². The largest absolute Gasteiger partial charge is 0.367 e. The molecule has 0 bridgehead atoms. The van der Waals surface area contributed by atoms with Gasteiger partial charge >= 0.3 is 0 Å². The van der Waals surface area contributed by atoms with Crippen molar-refractivity contribution in [3.63, 3.8) is 0 Å². The van der Waals surface area contributed by atoms with Gasteiger partial charge in [-0.15, -0.1) is 10.2 Å². The summed E-state index contributed by atoms with van der Waals surface area (Å²) >= 11 is 0. The molecule has 0 aliphatic carbocycles. The minimum absolute atomic E-state index is 0.355. The van der Waals surface area contributed by atoms with Crippen LogP contribution in [0.5, 0.6) is 0 Å². The number of nitrogens with zero attached hydrogens (tertiary/aromatic N) is 4. The number of hydrogen-bond acceptors (Lipinski definition) is 6. The van der Waals surface area contributed by atoms with E-state index >= 15 is 0 Å². The number of nitrogens with one attached hydrogen (secondary N) is 1. The molecule has 156 valence electrons. The number of ketones is 1. The Morgan fingerprint density at radius 1 is 1.21 bits per heavy atom. The van der Waals surface area contributed by atoms with Crippen LogP contribution in [-0.2, 0) is 15.6 Å². The van der Waals surface area contributed by atoms with Crippen molar-refractivity contribution < 1.29 is 9.00 Å². The molecule has 0 aliphatic heterocycles. The van der Waals surface area contributed by atoms with Crippen molar-refractivity contribution in [3.8, 4) is 0 Å². The summed E-state index contributed by atoms with van der Waals surface area (Å²) in [6.45, 7) is 6.81. The van der Waals surface area contributed by atoms with E-state index in [9.17, 15) is 9.00 Å². The van der Waals surface area contributed by atoms with Crippen LogP contribution in [-0.4, -0.2) is 42.4 Å². The Hall–Kier alpha value is -2.35. The molecule has 0 amide bonds. The Bertz CT molecular complexity index is 1040. The highest BCUT2D eigenvalue weighted by Crippen LogP contribution is 2.23. The summed E-state index contributed by atoms with van der Waals surface area (Å²) in [6, 6.07) is 5.63. The maximum absolute atomic E-state index is 11.8. The third-order valence-corrected chi connectivity index (χ3v) is 5.77. The first kappa shape index (κ1) is 21.4. The van der Waals surface area contributed by atoms with Gasteiger partial charge in [-0.05, 0) is 43.9 Å². The maximum atomic E-state index is 11.8. The lowest BCUT2D eigenvalue weighted by atomic mass is 10.0. The van der Waals surface area contributed by atoms with E-state index in [0.717, 1.165) is 47.6 Å². The highest BCUT2D eigenvalue weighted by atomic mass is 32.2. The van der Waals surface area contributed by atoms with Gasteiger partial charge in [-0.25, -0.2) is 4.98 Å². The predicted molar refractivity (Wildman–Crippen MR) is 117 cm³/mol. The fraction of sp³-hybridized carbons (Fsp3) is 0.524. The topological polar surface area (TPSA) is 89.2 Å². The number of benzene rings is 1. The number of aromatic nitrogens is 4. The van der Waals surface area contributed by atoms with Crippen LogP contribution in [0.3, 0.4) is 0 Å². The number of rotatable bonds is 10. The fourth-order valence-corrected chi connectivity index (χ4v) is 3.98. The third-order valence-electron chi connectivity index (χ3n) is 4.85. The SMILES string of the molecule is Cc1nnc2c(NCCCCCC(=O)CC(C)C)nc3cc(S(C)=O)ccc3n12. The van der Waals surface area contributed by atoms with E-state index in [4.69, 9.17) is 4.98 Å². The van der Waals surface area contributed by atoms with Crippen LogP contribution < -0.4 is 5.32 Å². The third kappa shape index (κ3) is 5.18. The average Bonchev–Trinajstić information content (AvgIpc) is 3.05. The molecule has 0 saturated heterocycles. The van der Waals surface area contributed by atoms with Gasteiger partial charge in [0.15, 0.2) is 5.82 Å². The van der Waals surface area contributed by atoms with Gasteiger partial charge in [0.05, 0.1) is 11.0 Å². The van der Waals surface area contributed by atoms with E-state index in [-0.39, 0.29) is 0 Å². The number of carbonyl (C=O) groups is 1. The van der Waals surface area contributed by atoms with Gasteiger partial charge in [0.1, 0.15) is 11.6 Å². The monoisotopic (exact) mass is 415 g/mol. The molecule has 1 N–H and O–H groups in total. The molecule has 0 fully saturated rings. The van der Waals surface area contributed by atoms with Gasteiger partial charge in [0, 0.05) is 41.3 Å². The second-order valence-corrected chi connectivity index (χ2v) is 9.23. The molecule has 29 heavy (non-hydrogen) atoms. The molecule has 2 aromatic heterocycles. The molecule has 0 radical (unpaired) electrons. The number of carbonyl (C=O) groups excluding carboxylic acids is 1. The van der Waals surface area contributed by atoms with Crippen LogP contribution in [0.2, 0.25) is 0 Å². The lowest BCUT2D eigenvalue weighted by Crippen LogP contribution is -2.07. The van der Waals surface area contributed by atoms with Crippen LogP contribution in [0.15, 0.2) is 23.1 Å². The molecule has 2 heterocycles. The molecule has 1 unspecified atom stereocenters. The van der Waals surface area contributed by atoms with Gasteiger partial charge in [-0.3, -0.25) is 13.4 Å². The zero-order chi connectivity index (χ0) is 21.0. The summed E-state index contributed by atoms with van der Waals surface area (Å²) in [6.07, 6.45) is 5.86. The molecular formula is C21H29N5O2S. The molecule has 0 saturated carbocycles. The van der Waals surface area contributed by atoms with Crippen LogP contribution in [0.1, 0.15) is 51.8 Å². The van der Waals surface area contributed by atoms with Crippen molar-refractivity contribution in [2.24, 2.45) is 5.92 Å². The van der Waals surface area contributed by atoms with E-state index in [2.05, 4.69) is 29.4 Å². The minimum Gasteiger partial charge on any atom is -0.367 e. The summed E-state index contributed by atoms with van der Waals surface area (Å²) in [5.41, 5.74) is 2.34. The van der Waals surface area contributed by atoms with Crippen molar-refractivity contribution >= 4 is 39.1 Å². The van der Waals surface area contributed by atoms with Gasteiger partial charge < -0.3 is 5.32 Å². The lowest BCUT2D eigenvalue weighted by Gasteiger charge is -2.10. The first-order valence-corrected chi connectivity index (χ1v) is 11.7. The summed E-state index contributed by atoms with van der Waals surface area (Å²) in [5, 5.41) is 11.8. The quantitative estimate of drug-likeness (QED) is 0.505. The second-order valence-electron chi connectivity index (χ2n) is 7.85. The molecule has 3 aromatic rings. The predicted octanol–water partition coefficient (Wildman–Crippen LogP) is 3.91. The average molecular weight is 416 g/mol. The smallest absolute Gasteiger partial charge is 0.204 e. The zero-order valence-corrected chi connectivity index (χ0v) is 18.4. The molecule has 1 aromatic carbocycles. The van der Waals surface area contributed by atoms with Gasteiger partial charge in [0.25, 0.3) is 0 Å². The lowest BCUT2D eigenvalue weighted by molar-refractivity contribution is -0.119. The highest BCUT2D eigenvalue weighted by molar-refractivity contribution is 7.84. The summed E-state index contributed by atoms with van der Waals surface area (Å²) < 4.78 is 13.8. The zero-order valence-electron chi connectivity index (χ0n) is 17.6. The summed E-state index contributed by atoms with van der Waals surface area (Å²) in [4.78, 5) is 17.2. The maximum Gasteiger partial charge on any atom is 0.204 e. The van der Waals surface area contributed by atoms with E-state index in [1.54, 1.807) is 6.26 Å². The Morgan fingerprint density at radius 2 is 2.00 bits per heavy atom. The Kier molecular flexibility index (Phi) is 6.95. The number of anilines is 1. The van der Waals surface area contributed by atoms with Crippen LogP contribution in [0.4, 0.5) is 5.82 Å². The van der Waals surface area contributed by atoms with Gasteiger partial charge in [0.2, 0.25) is 5.65 Å². The van der Waals surface area contributed by atoms with Crippen LogP contribution >= 0.6 is 0 Å². The van der Waals surface area contributed by atoms with Crippen molar-refractivity contribution in [1.29, 1.82) is 0 Å². The fourth-order valence-electron chi connectivity index (χ4n) is 3.44.